The second-order valence-electron chi connectivity index (χ2n) is 4.59. The zero-order chi connectivity index (χ0) is 14.8. The lowest BCUT2D eigenvalue weighted by atomic mass is 10.2. The largest absolute Gasteiger partial charge is 0.370 e. The summed E-state index contributed by atoms with van der Waals surface area (Å²) in [6, 6.07) is 11.8. The van der Waals surface area contributed by atoms with E-state index in [1.165, 1.54) is 12.1 Å². The Morgan fingerprint density at radius 1 is 1.10 bits per heavy atom. The number of rotatable bonds is 3. The standard InChI is InChI=1S/C16H13ClFN3/c1-2-19-16-13-9-12(18)7-8-14(13)20-15(21-16)10-3-5-11(17)6-4-10/h3-9H,2H2,1H3,(H,19,20,21). The second kappa shape index (κ2) is 5.66. The molecule has 0 aliphatic heterocycles. The van der Waals surface area contributed by atoms with Crippen molar-refractivity contribution in [2.45, 2.75) is 6.92 Å². The molecule has 2 aromatic carbocycles. The van der Waals surface area contributed by atoms with Crippen molar-refractivity contribution in [3.05, 3.63) is 53.3 Å². The van der Waals surface area contributed by atoms with E-state index < -0.39 is 0 Å². The maximum Gasteiger partial charge on any atom is 0.162 e. The van der Waals surface area contributed by atoms with Crippen LogP contribution in [0.1, 0.15) is 6.92 Å². The Morgan fingerprint density at radius 2 is 1.86 bits per heavy atom. The lowest BCUT2D eigenvalue weighted by molar-refractivity contribution is 0.629. The van der Waals surface area contributed by atoms with Gasteiger partial charge in [0, 0.05) is 22.5 Å². The molecular formula is C16H13ClFN3. The number of fused-ring (bicyclic) bond motifs is 1. The van der Waals surface area contributed by atoms with Crippen molar-refractivity contribution in [3.63, 3.8) is 0 Å². The van der Waals surface area contributed by atoms with Crippen LogP contribution in [0.3, 0.4) is 0 Å². The van der Waals surface area contributed by atoms with Crippen molar-refractivity contribution >= 4 is 28.3 Å². The van der Waals surface area contributed by atoms with Crippen LogP contribution in [-0.2, 0) is 0 Å². The molecule has 0 aliphatic carbocycles. The van der Waals surface area contributed by atoms with Gasteiger partial charge in [0.2, 0.25) is 0 Å². The summed E-state index contributed by atoms with van der Waals surface area (Å²) in [6.45, 7) is 2.66. The lowest BCUT2D eigenvalue weighted by Gasteiger charge is -2.10. The number of halogens is 2. The van der Waals surface area contributed by atoms with Crippen LogP contribution >= 0.6 is 11.6 Å². The molecule has 3 nitrogen and oxygen atoms in total. The molecule has 0 saturated carbocycles. The van der Waals surface area contributed by atoms with Crippen LogP contribution in [-0.4, -0.2) is 16.5 Å². The second-order valence-corrected chi connectivity index (χ2v) is 5.03. The summed E-state index contributed by atoms with van der Waals surface area (Å²) >= 11 is 5.90. The van der Waals surface area contributed by atoms with Gasteiger partial charge < -0.3 is 5.32 Å². The molecule has 0 amide bonds. The van der Waals surface area contributed by atoms with Crippen molar-refractivity contribution in [2.24, 2.45) is 0 Å². The number of hydrogen-bond acceptors (Lipinski definition) is 3. The summed E-state index contributed by atoms with van der Waals surface area (Å²) < 4.78 is 13.4. The minimum Gasteiger partial charge on any atom is -0.370 e. The lowest BCUT2D eigenvalue weighted by Crippen LogP contribution is -2.03. The fourth-order valence-electron chi connectivity index (χ4n) is 2.13. The molecule has 0 atom stereocenters. The molecule has 3 rings (SSSR count). The highest BCUT2D eigenvalue weighted by Gasteiger charge is 2.10. The van der Waals surface area contributed by atoms with Crippen LogP contribution in [0.5, 0.6) is 0 Å². The molecule has 0 radical (unpaired) electrons. The summed E-state index contributed by atoms with van der Waals surface area (Å²) in [5.74, 6) is 0.915. The first-order chi connectivity index (χ1) is 10.2. The normalized spacial score (nSPS) is 10.8. The summed E-state index contributed by atoms with van der Waals surface area (Å²) in [4.78, 5) is 9.00. The molecule has 0 fully saturated rings. The van der Waals surface area contributed by atoms with Gasteiger partial charge in [0.05, 0.1) is 5.52 Å². The third-order valence-electron chi connectivity index (χ3n) is 3.10. The van der Waals surface area contributed by atoms with E-state index in [1.54, 1.807) is 18.2 Å². The van der Waals surface area contributed by atoms with Crippen LogP contribution < -0.4 is 5.32 Å². The summed E-state index contributed by atoms with van der Waals surface area (Å²) in [6.07, 6.45) is 0. The van der Waals surface area contributed by atoms with Gasteiger partial charge in [-0.15, -0.1) is 0 Å². The van der Waals surface area contributed by atoms with Gasteiger partial charge in [-0.25, -0.2) is 14.4 Å². The van der Waals surface area contributed by atoms with Gasteiger partial charge in [-0.05, 0) is 49.4 Å². The van der Waals surface area contributed by atoms with Crippen molar-refractivity contribution in [3.8, 4) is 11.4 Å². The van der Waals surface area contributed by atoms with Gasteiger partial charge in [-0.2, -0.15) is 0 Å². The van der Waals surface area contributed by atoms with Gasteiger partial charge in [0.25, 0.3) is 0 Å². The predicted molar refractivity (Wildman–Crippen MR) is 84.1 cm³/mol. The molecule has 1 heterocycles. The van der Waals surface area contributed by atoms with Gasteiger partial charge in [0.15, 0.2) is 5.82 Å². The Hall–Kier alpha value is -2.20. The van der Waals surface area contributed by atoms with Gasteiger partial charge >= 0.3 is 0 Å². The summed E-state index contributed by atoms with van der Waals surface area (Å²) in [7, 11) is 0. The van der Waals surface area contributed by atoms with E-state index in [9.17, 15) is 4.39 Å². The topological polar surface area (TPSA) is 37.8 Å². The zero-order valence-corrected chi connectivity index (χ0v) is 12.2. The van der Waals surface area contributed by atoms with Crippen LogP contribution in [0.25, 0.3) is 22.3 Å². The highest BCUT2D eigenvalue weighted by atomic mass is 35.5. The monoisotopic (exact) mass is 301 g/mol. The number of nitrogens with one attached hydrogen (secondary N) is 1. The van der Waals surface area contributed by atoms with E-state index in [0.717, 1.165) is 5.56 Å². The maximum atomic E-state index is 13.4. The molecule has 3 aromatic rings. The van der Waals surface area contributed by atoms with Gasteiger partial charge in [-0.3, -0.25) is 0 Å². The summed E-state index contributed by atoms with van der Waals surface area (Å²) in [5, 5.41) is 4.49. The highest BCUT2D eigenvalue weighted by Crippen LogP contribution is 2.26. The molecule has 5 heteroatoms. The molecule has 1 aromatic heterocycles. The van der Waals surface area contributed by atoms with Gasteiger partial charge in [0.1, 0.15) is 11.6 Å². The number of benzene rings is 2. The Morgan fingerprint density at radius 3 is 2.57 bits per heavy atom. The number of anilines is 1. The quantitative estimate of drug-likeness (QED) is 0.773. The van der Waals surface area contributed by atoms with Crippen LogP contribution in [0.4, 0.5) is 10.2 Å². The third-order valence-corrected chi connectivity index (χ3v) is 3.36. The van der Waals surface area contributed by atoms with Crippen molar-refractivity contribution in [2.75, 3.05) is 11.9 Å². The molecule has 0 aliphatic rings. The van der Waals surface area contributed by atoms with Crippen LogP contribution in [0.15, 0.2) is 42.5 Å². The number of aromatic nitrogens is 2. The van der Waals surface area contributed by atoms with E-state index in [1.807, 2.05) is 19.1 Å². The van der Waals surface area contributed by atoms with E-state index in [2.05, 4.69) is 15.3 Å². The van der Waals surface area contributed by atoms with Crippen molar-refractivity contribution in [1.82, 2.24) is 9.97 Å². The first-order valence-electron chi connectivity index (χ1n) is 6.64. The average molecular weight is 302 g/mol. The Kier molecular flexibility index (Phi) is 3.71. The fourth-order valence-corrected chi connectivity index (χ4v) is 2.26. The Bertz CT molecular complexity index is 787. The van der Waals surface area contributed by atoms with Crippen molar-refractivity contribution < 1.29 is 4.39 Å². The SMILES string of the molecule is CCNc1nc(-c2ccc(Cl)cc2)nc2ccc(F)cc12. The van der Waals surface area contributed by atoms with E-state index in [-0.39, 0.29) is 5.82 Å². The van der Waals surface area contributed by atoms with E-state index >= 15 is 0 Å². The molecule has 0 saturated heterocycles. The van der Waals surface area contributed by atoms with Crippen molar-refractivity contribution in [1.29, 1.82) is 0 Å². The molecule has 21 heavy (non-hydrogen) atoms. The molecule has 106 valence electrons. The fraction of sp³-hybridized carbons (Fsp3) is 0.125. The Labute approximate surface area is 126 Å². The van der Waals surface area contributed by atoms with Gasteiger partial charge in [-0.1, -0.05) is 11.6 Å². The highest BCUT2D eigenvalue weighted by molar-refractivity contribution is 6.30. The third kappa shape index (κ3) is 2.81. The molecule has 0 bridgehead atoms. The number of nitrogens with zero attached hydrogens (tertiary/aromatic N) is 2. The summed E-state index contributed by atoms with van der Waals surface area (Å²) in [5.41, 5.74) is 1.57. The Balaban J connectivity index is 2.20. The van der Waals surface area contributed by atoms with E-state index in [0.29, 0.717) is 34.1 Å². The minimum absolute atomic E-state index is 0.301. The minimum atomic E-state index is -0.301. The first kappa shape index (κ1) is 13.8. The molecular weight excluding hydrogens is 289 g/mol. The predicted octanol–water partition coefficient (Wildman–Crippen LogP) is 4.52. The average Bonchev–Trinajstić information content (AvgIpc) is 2.48. The van der Waals surface area contributed by atoms with Crippen LogP contribution in [0, 0.1) is 5.82 Å². The molecule has 0 unspecified atom stereocenters. The van der Waals surface area contributed by atoms with E-state index in [4.69, 9.17) is 11.6 Å². The zero-order valence-electron chi connectivity index (χ0n) is 11.4. The molecule has 1 N–H and O–H groups in total. The first-order valence-corrected chi connectivity index (χ1v) is 7.02. The molecule has 0 spiro atoms. The number of hydrogen-bond donors (Lipinski definition) is 1. The van der Waals surface area contributed by atoms with Crippen LogP contribution in [0.2, 0.25) is 5.02 Å². The smallest absolute Gasteiger partial charge is 0.162 e. The maximum absolute atomic E-state index is 13.4.